The summed E-state index contributed by atoms with van der Waals surface area (Å²) >= 11 is 1.58. The van der Waals surface area contributed by atoms with E-state index >= 15 is 0 Å². The maximum Gasteiger partial charge on any atom is 0.236 e. The Bertz CT molecular complexity index is 260. The van der Waals surface area contributed by atoms with Crippen LogP contribution in [0.3, 0.4) is 0 Å². The summed E-state index contributed by atoms with van der Waals surface area (Å²) in [7, 11) is 1.63. The van der Waals surface area contributed by atoms with E-state index in [1.807, 2.05) is 6.92 Å². The summed E-state index contributed by atoms with van der Waals surface area (Å²) < 4.78 is 0. The first-order chi connectivity index (χ1) is 6.24. The number of hydrogen-bond donors (Lipinski definition) is 2. The second kappa shape index (κ2) is 4.94. The van der Waals surface area contributed by atoms with Gasteiger partial charge in [0.05, 0.1) is 11.6 Å². The van der Waals surface area contributed by atoms with Gasteiger partial charge in [0.25, 0.3) is 0 Å². The second-order valence-corrected chi connectivity index (χ2v) is 3.66. The number of aromatic nitrogens is 1. The molecule has 0 spiro atoms. The highest BCUT2D eigenvalue weighted by molar-refractivity contribution is 7.09. The zero-order valence-corrected chi connectivity index (χ0v) is 8.52. The molecule has 0 saturated carbocycles. The molecule has 1 rings (SSSR count). The predicted molar refractivity (Wildman–Crippen MR) is 52.5 cm³/mol. The highest BCUT2D eigenvalue weighted by atomic mass is 32.1. The molecule has 1 atom stereocenters. The number of carbonyl (C=O) groups excluding carboxylic acids is 1. The van der Waals surface area contributed by atoms with Crippen LogP contribution in [0.25, 0.3) is 0 Å². The number of carbonyl (C=O) groups is 1. The molecule has 0 aliphatic heterocycles. The summed E-state index contributed by atoms with van der Waals surface area (Å²) in [5, 5.41) is 5.68. The van der Waals surface area contributed by atoms with E-state index in [0.29, 0.717) is 6.54 Å². The Morgan fingerprint density at radius 2 is 2.54 bits per heavy atom. The Morgan fingerprint density at radius 1 is 1.77 bits per heavy atom. The zero-order chi connectivity index (χ0) is 9.68. The summed E-state index contributed by atoms with van der Waals surface area (Å²) in [6.07, 6.45) is 1.80. The van der Waals surface area contributed by atoms with Crippen molar-refractivity contribution in [2.45, 2.75) is 19.5 Å². The van der Waals surface area contributed by atoms with Crippen molar-refractivity contribution in [2.24, 2.45) is 0 Å². The third kappa shape index (κ3) is 3.12. The molecule has 0 aliphatic carbocycles. The first-order valence-electron chi connectivity index (χ1n) is 4.06. The number of amides is 1. The fourth-order valence-electron chi connectivity index (χ4n) is 0.892. The van der Waals surface area contributed by atoms with Crippen molar-refractivity contribution in [3.05, 3.63) is 16.6 Å². The van der Waals surface area contributed by atoms with E-state index < -0.39 is 0 Å². The van der Waals surface area contributed by atoms with Crippen molar-refractivity contribution in [1.82, 2.24) is 15.6 Å². The molecule has 1 aromatic heterocycles. The smallest absolute Gasteiger partial charge is 0.236 e. The van der Waals surface area contributed by atoms with Gasteiger partial charge in [0.2, 0.25) is 5.91 Å². The molecule has 5 heteroatoms. The summed E-state index contributed by atoms with van der Waals surface area (Å²) in [5.74, 6) is 0.00418. The van der Waals surface area contributed by atoms with Crippen molar-refractivity contribution < 1.29 is 4.79 Å². The standard InChI is InChI=1S/C8H13N3OS/c1-6(8(12)9-2)11-4-7-3-10-5-13-7/h3,5-6,11H,4H2,1-2H3,(H,9,12). The van der Waals surface area contributed by atoms with E-state index in [-0.39, 0.29) is 11.9 Å². The summed E-state index contributed by atoms with van der Waals surface area (Å²) in [6.45, 7) is 2.53. The van der Waals surface area contributed by atoms with Crippen LogP contribution < -0.4 is 10.6 Å². The molecule has 2 N–H and O–H groups in total. The van der Waals surface area contributed by atoms with Gasteiger partial charge in [-0.05, 0) is 6.92 Å². The Labute approximate surface area is 81.4 Å². The van der Waals surface area contributed by atoms with Crippen LogP contribution in [0.15, 0.2) is 11.7 Å². The molecule has 0 radical (unpaired) electrons. The maximum absolute atomic E-state index is 11.1. The number of thiazole rings is 1. The normalized spacial score (nSPS) is 12.5. The van der Waals surface area contributed by atoms with E-state index in [1.54, 1.807) is 30.1 Å². The fraction of sp³-hybridized carbons (Fsp3) is 0.500. The van der Waals surface area contributed by atoms with Gasteiger partial charge < -0.3 is 10.6 Å². The minimum absolute atomic E-state index is 0.00418. The SMILES string of the molecule is CNC(=O)C(C)NCc1cncs1. The lowest BCUT2D eigenvalue weighted by Crippen LogP contribution is -2.40. The van der Waals surface area contributed by atoms with E-state index in [4.69, 9.17) is 0 Å². The van der Waals surface area contributed by atoms with Crippen molar-refractivity contribution in [1.29, 1.82) is 0 Å². The Morgan fingerprint density at radius 3 is 3.08 bits per heavy atom. The van der Waals surface area contributed by atoms with Gasteiger partial charge in [-0.25, -0.2) is 0 Å². The van der Waals surface area contributed by atoms with Crippen LogP contribution in [0, 0.1) is 0 Å². The van der Waals surface area contributed by atoms with Gasteiger partial charge in [-0.3, -0.25) is 9.78 Å². The maximum atomic E-state index is 11.1. The minimum Gasteiger partial charge on any atom is -0.358 e. The first-order valence-corrected chi connectivity index (χ1v) is 4.94. The van der Waals surface area contributed by atoms with E-state index in [1.165, 1.54) is 0 Å². The second-order valence-electron chi connectivity index (χ2n) is 2.68. The molecule has 0 fully saturated rings. The van der Waals surface area contributed by atoms with Crippen LogP contribution in [-0.4, -0.2) is 24.0 Å². The van der Waals surface area contributed by atoms with Gasteiger partial charge in [-0.2, -0.15) is 0 Å². The Balaban J connectivity index is 2.30. The lowest BCUT2D eigenvalue weighted by Gasteiger charge is -2.10. The topological polar surface area (TPSA) is 54.0 Å². The molecular formula is C8H13N3OS. The van der Waals surface area contributed by atoms with E-state index in [9.17, 15) is 4.79 Å². The van der Waals surface area contributed by atoms with Crippen LogP contribution >= 0.6 is 11.3 Å². The first kappa shape index (κ1) is 10.1. The number of hydrogen-bond acceptors (Lipinski definition) is 4. The summed E-state index contributed by atoms with van der Waals surface area (Å²) in [5.41, 5.74) is 1.78. The quantitative estimate of drug-likeness (QED) is 0.736. The van der Waals surface area contributed by atoms with Gasteiger partial charge in [0.1, 0.15) is 0 Å². The molecule has 0 saturated heterocycles. The molecule has 0 aromatic carbocycles. The Hall–Kier alpha value is -0.940. The Kier molecular flexibility index (Phi) is 3.85. The van der Waals surface area contributed by atoms with Crippen LogP contribution in [0.1, 0.15) is 11.8 Å². The highest BCUT2D eigenvalue weighted by Crippen LogP contribution is 2.04. The lowest BCUT2D eigenvalue weighted by atomic mass is 10.3. The van der Waals surface area contributed by atoms with Crippen molar-refractivity contribution in [3.63, 3.8) is 0 Å². The van der Waals surface area contributed by atoms with Crippen molar-refractivity contribution in [2.75, 3.05) is 7.05 Å². The zero-order valence-electron chi connectivity index (χ0n) is 7.70. The van der Waals surface area contributed by atoms with Gasteiger partial charge in [0, 0.05) is 24.7 Å². The van der Waals surface area contributed by atoms with Crippen LogP contribution in [0.5, 0.6) is 0 Å². The molecule has 0 aliphatic rings. The van der Waals surface area contributed by atoms with Gasteiger partial charge >= 0.3 is 0 Å². The lowest BCUT2D eigenvalue weighted by molar-refractivity contribution is -0.122. The molecule has 1 unspecified atom stereocenters. The summed E-state index contributed by atoms with van der Waals surface area (Å²) in [4.78, 5) is 16.2. The molecule has 0 bridgehead atoms. The molecule has 1 amide bonds. The minimum atomic E-state index is -0.160. The van der Waals surface area contributed by atoms with Gasteiger partial charge in [0.15, 0.2) is 0 Å². The van der Waals surface area contributed by atoms with Crippen molar-refractivity contribution in [3.8, 4) is 0 Å². The highest BCUT2D eigenvalue weighted by Gasteiger charge is 2.09. The summed E-state index contributed by atoms with van der Waals surface area (Å²) in [6, 6.07) is -0.160. The average Bonchev–Trinajstić information content (AvgIpc) is 2.65. The van der Waals surface area contributed by atoms with E-state index in [2.05, 4.69) is 15.6 Å². The third-order valence-corrected chi connectivity index (χ3v) is 2.49. The average molecular weight is 199 g/mol. The molecule has 13 heavy (non-hydrogen) atoms. The molecular weight excluding hydrogens is 186 g/mol. The third-order valence-electron chi connectivity index (χ3n) is 1.71. The van der Waals surface area contributed by atoms with Gasteiger partial charge in [-0.15, -0.1) is 11.3 Å². The number of rotatable bonds is 4. The van der Waals surface area contributed by atoms with Gasteiger partial charge in [-0.1, -0.05) is 0 Å². The van der Waals surface area contributed by atoms with Crippen LogP contribution in [-0.2, 0) is 11.3 Å². The predicted octanol–water partition coefficient (Wildman–Crippen LogP) is 0.367. The molecule has 1 aromatic rings. The monoisotopic (exact) mass is 199 g/mol. The fourth-order valence-corrected chi connectivity index (χ4v) is 1.44. The largest absolute Gasteiger partial charge is 0.358 e. The molecule has 72 valence electrons. The molecule has 4 nitrogen and oxygen atoms in total. The van der Waals surface area contributed by atoms with E-state index in [0.717, 1.165) is 4.88 Å². The van der Waals surface area contributed by atoms with Crippen LogP contribution in [0.4, 0.5) is 0 Å². The number of likely N-dealkylation sites (N-methyl/N-ethyl adjacent to an activating group) is 1. The number of nitrogens with one attached hydrogen (secondary N) is 2. The molecule has 1 heterocycles. The van der Waals surface area contributed by atoms with Crippen molar-refractivity contribution >= 4 is 17.2 Å². The number of nitrogens with zero attached hydrogens (tertiary/aromatic N) is 1. The van der Waals surface area contributed by atoms with Crippen LogP contribution in [0.2, 0.25) is 0 Å².